The molecule has 0 fully saturated rings. The third kappa shape index (κ3) is 2.15. The van der Waals surface area contributed by atoms with E-state index < -0.39 is 0 Å². The maximum atomic E-state index is 5.36. The fraction of sp³-hybridized carbons (Fsp3) is 0.250. The van der Waals surface area contributed by atoms with E-state index in [0.717, 1.165) is 6.42 Å². The Kier molecular flexibility index (Phi) is 3.29. The SMILES string of the molecule is C=CCC(NN)c1ccsc1. The van der Waals surface area contributed by atoms with E-state index in [1.165, 1.54) is 5.56 Å². The van der Waals surface area contributed by atoms with Crippen molar-refractivity contribution in [2.75, 3.05) is 0 Å². The first-order valence-corrected chi connectivity index (χ1v) is 4.42. The molecule has 0 spiro atoms. The molecule has 60 valence electrons. The van der Waals surface area contributed by atoms with Gasteiger partial charge in [-0.15, -0.1) is 6.58 Å². The zero-order chi connectivity index (χ0) is 8.10. The number of thiophene rings is 1. The van der Waals surface area contributed by atoms with Crippen molar-refractivity contribution in [3.8, 4) is 0 Å². The van der Waals surface area contributed by atoms with Crippen molar-refractivity contribution in [2.24, 2.45) is 5.84 Å². The molecule has 11 heavy (non-hydrogen) atoms. The topological polar surface area (TPSA) is 38.0 Å². The first-order valence-electron chi connectivity index (χ1n) is 3.47. The minimum atomic E-state index is 0.221. The summed E-state index contributed by atoms with van der Waals surface area (Å²) in [6.45, 7) is 3.67. The number of hydrogen-bond donors (Lipinski definition) is 2. The fourth-order valence-corrected chi connectivity index (χ4v) is 1.65. The van der Waals surface area contributed by atoms with Crippen LogP contribution in [0.1, 0.15) is 18.0 Å². The normalized spacial score (nSPS) is 12.8. The number of nitrogens with two attached hydrogens (primary N) is 1. The predicted molar refractivity (Wildman–Crippen MR) is 49.2 cm³/mol. The van der Waals surface area contributed by atoms with Gasteiger partial charge in [0.25, 0.3) is 0 Å². The van der Waals surface area contributed by atoms with Crippen molar-refractivity contribution >= 4 is 11.3 Å². The second-order valence-corrected chi connectivity index (χ2v) is 3.08. The second kappa shape index (κ2) is 4.28. The summed E-state index contributed by atoms with van der Waals surface area (Å²) in [5.41, 5.74) is 3.97. The third-order valence-corrected chi connectivity index (χ3v) is 2.25. The van der Waals surface area contributed by atoms with E-state index >= 15 is 0 Å². The van der Waals surface area contributed by atoms with Crippen LogP contribution in [0.3, 0.4) is 0 Å². The lowest BCUT2D eigenvalue weighted by Gasteiger charge is -2.10. The van der Waals surface area contributed by atoms with Gasteiger partial charge in [0, 0.05) is 0 Å². The molecule has 3 heteroatoms. The number of hydrogen-bond acceptors (Lipinski definition) is 3. The highest BCUT2D eigenvalue weighted by Crippen LogP contribution is 2.18. The lowest BCUT2D eigenvalue weighted by Crippen LogP contribution is -2.27. The maximum Gasteiger partial charge on any atom is 0.0502 e. The van der Waals surface area contributed by atoms with Crippen LogP contribution in [0.15, 0.2) is 29.5 Å². The minimum absolute atomic E-state index is 0.221. The van der Waals surface area contributed by atoms with Gasteiger partial charge in [0.05, 0.1) is 6.04 Å². The molecular formula is C8H12N2S. The van der Waals surface area contributed by atoms with Gasteiger partial charge in [0.2, 0.25) is 0 Å². The van der Waals surface area contributed by atoms with E-state index in [0.29, 0.717) is 0 Å². The Bertz CT molecular complexity index is 206. The molecule has 1 rings (SSSR count). The van der Waals surface area contributed by atoms with Crippen LogP contribution in [0, 0.1) is 0 Å². The standard InChI is InChI=1S/C8H12N2S/c1-2-3-8(10-9)7-4-5-11-6-7/h2,4-6,8,10H,1,3,9H2. The van der Waals surface area contributed by atoms with E-state index in [1.807, 2.05) is 11.5 Å². The molecule has 0 bridgehead atoms. The van der Waals surface area contributed by atoms with E-state index in [9.17, 15) is 0 Å². The van der Waals surface area contributed by atoms with Crippen LogP contribution in [0.25, 0.3) is 0 Å². The van der Waals surface area contributed by atoms with Crippen LogP contribution in [0.5, 0.6) is 0 Å². The van der Waals surface area contributed by atoms with Gasteiger partial charge in [-0.05, 0) is 28.8 Å². The molecule has 0 saturated carbocycles. The van der Waals surface area contributed by atoms with Crippen LogP contribution in [-0.2, 0) is 0 Å². The van der Waals surface area contributed by atoms with E-state index in [2.05, 4.69) is 23.5 Å². The van der Waals surface area contributed by atoms with Crippen molar-refractivity contribution in [3.05, 3.63) is 35.0 Å². The number of rotatable bonds is 4. The van der Waals surface area contributed by atoms with Gasteiger partial charge in [-0.1, -0.05) is 6.08 Å². The minimum Gasteiger partial charge on any atom is -0.271 e. The van der Waals surface area contributed by atoms with Gasteiger partial charge < -0.3 is 0 Å². The summed E-state index contributed by atoms with van der Waals surface area (Å²) in [5, 5.41) is 4.14. The maximum absolute atomic E-state index is 5.36. The monoisotopic (exact) mass is 168 g/mol. The molecule has 0 aromatic carbocycles. The van der Waals surface area contributed by atoms with Gasteiger partial charge in [0.1, 0.15) is 0 Å². The van der Waals surface area contributed by atoms with Gasteiger partial charge in [-0.3, -0.25) is 11.3 Å². The predicted octanol–water partition coefficient (Wildman–Crippen LogP) is 1.83. The van der Waals surface area contributed by atoms with Crippen LogP contribution < -0.4 is 11.3 Å². The van der Waals surface area contributed by atoms with Gasteiger partial charge in [-0.25, -0.2) is 0 Å². The van der Waals surface area contributed by atoms with Crippen molar-refractivity contribution in [1.82, 2.24) is 5.43 Å². The van der Waals surface area contributed by atoms with Crippen molar-refractivity contribution < 1.29 is 0 Å². The number of hydrazine groups is 1. The largest absolute Gasteiger partial charge is 0.271 e. The molecule has 0 aliphatic heterocycles. The van der Waals surface area contributed by atoms with Crippen molar-refractivity contribution in [2.45, 2.75) is 12.5 Å². The molecule has 1 heterocycles. The van der Waals surface area contributed by atoms with Crippen LogP contribution in [-0.4, -0.2) is 0 Å². The smallest absolute Gasteiger partial charge is 0.0502 e. The Morgan fingerprint density at radius 2 is 2.64 bits per heavy atom. The van der Waals surface area contributed by atoms with Crippen LogP contribution in [0.2, 0.25) is 0 Å². The molecule has 3 N–H and O–H groups in total. The summed E-state index contributed by atoms with van der Waals surface area (Å²) in [5.74, 6) is 5.36. The summed E-state index contributed by atoms with van der Waals surface area (Å²) in [6, 6.07) is 2.29. The van der Waals surface area contributed by atoms with Gasteiger partial charge in [0.15, 0.2) is 0 Å². The highest BCUT2D eigenvalue weighted by Gasteiger charge is 2.06. The highest BCUT2D eigenvalue weighted by molar-refractivity contribution is 7.07. The lowest BCUT2D eigenvalue weighted by molar-refractivity contribution is 0.563. The lowest BCUT2D eigenvalue weighted by atomic mass is 10.1. The fourth-order valence-electron chi connectivity index (χ4n) is 0.940. The van der Waals surface area contributed by atoms with Gasteiger partial charge >= 0.3 is 0 Å². The molecule has 1 aromatic rings. The molecule has 1 unspecified atom stereocenters. The van der Waals surface area contributed by atoms with E-state index in [4.69, 9.17) is 5.84 Å². The Balaban J connectivity index is 2.62. The molecule has 0 saturated heterocycles. The molecule has 0 aliphatic rings. The second-order valence-electron chi connectivity index (χ2n) is 2.30. The van der Waals surface area contributed by atoms with Crippen LogP contribution >= 0.6 is 11.3 Å². The molecular weight excluding hydrogens is 156 g/mol. The quantitative estimate of drug-likeness (QED) is 0.409. The summed E-state index contributed by atoms with van der Waals surface area (Å²) < 4.78 is 0. The third-order valence-electron chi connectivity index (χ3n) is 1.55. The Morgan fingerprint density at radius 3 is 3.09 bits per heavy atom. The van der Waals surface area contributed by atoms with Gasteiger partial charge in [-0.2, -0.15) is 11.3 Å². The first kappa shape index (κ1) is 8.46. The van der Waals surface area contributed by atoms with E-state index in [1.54, 1.807) is 11.3 Å². The molecule has 0 amide bonds. The Labute approximate surface area is 70.7 Å². The molecule has 1 aromatic heterocycles. The Morgan fingerprint density at radius 1 is 1.82 bits per heavy atom. The average molecular weight is 168 g/mol. The molecule has 0 aliphatic carbocycles. The molecule has 0 radical (unpaired) electrons. The van der Waals surface area contributed by atoms with E-state index in [-0.39, 0.29) is 6.04 Å². The Hall–Kier alpha value is -0.640. The average Bonchev–Trinajstić information content (AvgIpc) is 2.52. The first-order chi connectivity index (χ1) is 5.38. The van der Waals surface area contributed by atoms with Crippen molar-refractivity contribution in [3.63, 3.8) is 0 Å². The highest BCUT2D eigenvalue weighted by atomic mass is 32.1. The summed E-state index contributed by atoms with van der Waals surface area (Å²) in [7, 11) is 0. The number of nitrogens with one attached hydrogen (secondary N) is 1. The summed E-state index contributed by atoms with van der Waals surface area (Å²) >= 11 is 1.68. The molecule has 2 nitrogen and oxygen atoms in total. The zero-order valence-corrected chi connectivity index (χ0v) is 7.10. The summed E-state index contributed by atoms with van der Waals surface area (Å²) in [6.07, 6.45) is 2.73. The molecule has 1 atom stereocenters. The summed E-state index contributed by atoms with van der Waals surface area (Å²) in [4.78, 5) is 0. The van der Waals surface area contributed by atoms with Crippen LogP contribution in [0.4, 0.5) is 0 Å². The van der Waals surface area contributed by atoms with Crippen molar-refractivity contribution in [1.29, 1.82) is 0 Å². The zero-order valence-electron chi connectivity index (χ0n) is 6.29.